The van der Waals surface area contributed by atoms with Gasteiger partial charge in [0.05, 0.1) is 6.10 Å². The normalized spacial score (nSPS) is 12.6. The van der Waals surface area contributed by atoms with Crippen LogP contribution in [0.3, 0.4) is 0 Å². The number of aliphatic hydroxyl groups excluding tert-OH is 1. The molecule has 1 aromatic heterocycles. The van der Waals surface area contributed by atoms with Crippen molar-refractivity contribution in [1.29, 1.82) is 0 Å². The lowest BCUT2D eigenvalue weighted by Gasteiger charge is -2.09. The predicted octanol–water partition coefficient (Wildman–Crippen LogP) is 3.95. The molecule has 1 unspecified atom stereocenters. The summed E-state index contributed by atoms with van der Waals surface area (Å²) in [4.78, 5) is 0. The zero-order valence-electron chi connectivity index (χ0n) is 11.0. The molecule has 2 rings (SSSR count). The SMILES string of the molecule is Cc1cc(C(O)CCCc2ccccc2)c(C)o1. The summed E-state index contributed by atoms with van der Waals surface area (Å²) < 4.78 is 5.44. The highest BCUT2D eigenvalue weighted by molar-refractivity contribution is 5.22. The Kier molecular flexibility index (Phi) is 4.21. The smallest absolute Gasteiger partial charge is 0.106 e. The molecule has 0 aliphatic carbocycles. The van der Waals surface area contributed by atoms with Gasteiger partial charge in [-0.3, -0.25) is 0 Å². The Morgan fingerprint density at radius 1 is 1.17 bits per heavy atom. The monoisotopic (exact) mass is 244 g/mol. The number of aryl methyl sites for hydroxylation is 3. The van der Waals surface area contributed by atoms with Crippen molar-refractivity contribution in [2.24, 2.45) is 0 Å². The van der Waals surface area contributed by atoms with Crippen molar-refractivity contribution in [3.05, 3.63) is 59.0 Å². The van der Waals surface area contributed by atoms with Gasteiger partial charge >= 0.3 is 0 Å². The molecule has 2 heteroatoms. The van der Waals surface area contributed by atoms with Crippen LogP contribution in [0.25, 0.3) is 0 Å². The second-order valence-corrected chi connectivity index (χ2v) is 4.76. The molecular weight excluding hydrogens is 224 g/mol. The average molecular weight is 244 g/mol. The number of furan rings is 1. The van der Waals surface area contributed by atoms with Gasteiger partial charge in [-0.15, -0.1) is 0 Å². The van der Waals surface area contributed by atoms with Gasteiger partial charge in [0, 0.05) is 5.56 Å². The second kappa shape index (κ2) is 5.87. The summed E-state index contributed by atoms with van der Waals surface area (Å²) in [7, 11) is 0. The molecule has 0 amide bonds. The van der Waals surface area contributed by atoms with Gasteiger partial charge in [0.15, 0.2) is 0 Å². The standard InChI is InChI=1S/C16H20O2/c1-12-11-15(13(2)18-12)16(17)10-6-9-14-7-4-3-5-8-14/h3-5,7-8,11,16-17H,6,9-10H2,1-2H3. The van der Waals surface area contributed by atoms with Gasteiger partial charge in [-0.1, -0.05) is 30.3 Å². The van der Waals surface area contributed by atoms with Crippen molar-refractivity contribution in [2.75, 3.05) is 0 Å². The molecule has 1 N–H and O–H groups in total. The van der Waals surface area contributed by atoms with E-state index in [0.29, 0.717) is 0 Å². The molecule has 0 aliphatic rings. The van der Waals surface area contributed by atoms with Gasteiger partial charge in [0.1, 0.15) is 11.5 Å². The summed E-state index contributed by atoms with van der Waals surface area (Å²) in [5.74, 6) is 1.70. The predicted molar refractivity (Wildman–Crippen MR) is 72.5 cm³/mol. The quantitative estimate of drug-likeness (QED) is 0.863. The minimum Gasteiger partial charge on any atom is -0.466 e. The molecule has 0 aliphatic heterocycles. The first kappa shape index (κ1) is 12.9. The Balaban J connectivity index is 1.85. The van der Waals surface area contributed by atoms with Crippen LogP contribution in [0.5, 0.6) is 0 Å². The Hall–Kier alpha value is -1.54. The summed E-state index contributed by atoms with van der Waals surface area (Å²) in [6.45, 7) is 3.82. The number of benzene rings is 1. The maximum atomic E-state index is 10.1. The number of aliphatic hydroxyl groups is 1. The summed E-state index contributed by atoms with van der Waals surface area (Å²) in [5, 5.41) is 10.1. The van der Waals surface area contributed by atoms with Crippen LogP contribution in [0.4, 0.5) is 0 Å². The Morgan fingerprint density at radius 2 is 1.89 bits per heavy atom. The van der Waals surface area contributed by atoms with Crippen molar-refractivity contribution in [2.45, 2.75) is 39.2 Å². The zero-order chi connectivity index (χ0) is 13.0. The molecule has 2 aromatic rings. The summed E-state index contributed by atoms with van der Waals surface area (Å²) in [6, 6.07) is 12.3. The second-order valence-electron chi connectivity index (χ2n) is 4.76. The lowest BCUT2D eigenvalue weighted by Crippen LogP contribution is -1.98. The van der Waals surface area contributed by atoms with E-state index in [1.807, 2.05) is 26.0 Å². The maximum Gasteiger partial charge on any atom is 0.106 e. The Labute approximate surface area is 108 Å². The molecule has 0 spiro atoms. The highest BCUT2D eigenvalue weighted by Gasteiger charge is 2.13. The van der Waals surface area contributed by atoms with Crippen LogP contribution in [0.1, 0.15) is 41.6 Å². The molecule has 96 valence electrons. The van der Waals surface area contributed by atoms with Crippen molar-refractivity contribution in [3.8, 4) is 0 Å². The molecular formula is C16H20O2. The summed E-state index contributed by atoms with van der Waals surface area (Å²) in [6.07, 6.45) is 2.35. The van der Waals surface area contributed by atoms with E-state index >= 15 is 0 Å². The van der Waals surface area contributed by atoms with E-state index in [9.17, 15) is 5.11 Å². The molecule has 0 saturated carbocycles. The fourth-order valence-corrected chi connectivity index (χ4v) is 2.28. The molecule has 1 aromatic carbocycles. The minimum atomic E-state index is -0.411. The van der Waals surface area contributed by atoms with Crippen molar-refractivity contribution in [1.82, 2.24) is 0 Å². The zero-order valence-corrected chi connectivity index (χ0v) is 11.0. The van der Waals surface area contributed by atoms with Crippen LogP contribution in [-0.4, -0.2) is 5.11 Å². The van der Waals surface area contributed by atoms with Gasteiger partial charge < -0.3 is 9.52 Å². The van der Waals surface area contributed by atoms with Gasteiger partial charge in [0.2, 0.25) is 0 Å². The van der Waals surface area contributed by atoms with E-state index in [-0.39, 0.29) is 0 Å². The van der Waals surface area contributed by atoms with E-state index in [1.54, 1.807) is 0 Å². The topological polar surface area (TPSA) is 33.4 Å². The molecule has 0 radical (unpaired) electrons. The first-order chi connectivity index (χ1) is 8.66. The van der Waals surface area contributed by atoms with E-state index in [2.05, 4.69) is 24.3 Å². The van der Waals surface area contributed by atoms with E-state index in [1.165, 1.54) is 5.56 Å². The molecule has 2 nitrogen and oxygen atoms in total. The van der Waals surface area contributed by atoms with Crippen LogP contribution >= 0.6 is 0 Å². The van der Waals surface area contributed by atoms with Gasteiger partial charge in [-0.25, -0.2) is 0 Å². The van der Waals surface area contributed by atoms with Crippen molar-refractivity contribution in [3.63, 3.8) is 0 Å². The average Bonchev–Trinajstić information content (AvgIpc) is 2.70. The van der Waals surface area contributed by atoms with E-state index < -0.39 is 6.10 Å². The Morgan fingerprint density at radius 3 is 2.50 bits per heavy atom. The molecule has 18 heavy (non-hydrogen) atoms. The third-order valence-corrected chi connectivity index (χ3v) is 3.22. The largest absolute Gasteiger partial charge is 0.466 e. The minimum absolute atomic E-state index is 0.411. The van der Waals surface area contributed by atoms with Gasteiger partial charge in [-0.2, -0.15) is 0 Å². The van der Waals surface area contributed by atoms with E-state index in [4.69, 9.17) is 4.42 Å². The van der Waals surface area contributed by atoms with Crippen molar-refractivity contribution >= 4 is 0 Å². The van der Waals surface area contributed by atoms with Gasteiger partial charge in [-0.05, 0) is 44.7 Å². The van der Waals surface area contributed by atoms with Crippen LogP contribution in [0.2, 0.25) is 0 Å². The van der Waals surface area contributed by atoms with Crippen molar-refractivity contribution < 1.29 is 9.52 Å². The number of rotatable bonds is 5. The van der Waals surface area contributed by atoms with Crippen LogP contribution < -0.4 is 0 Å². The van der Waals surface area contributed by atoms with E-state index in [0.717, 1.165) is 36.3 Å². The summed E-state index contributed by atoms with van der Waals surface area (Å²) >= 11 is 0. The summed E-state index contributed by atoms with van der Waals surface area (Å²) in [5.41, 5.74) is 2.25. The molecule has 1 atom stereocenters. The lowest BCUT2D eigenvalue weighted by atomic mass is 10.0. The third kappa shape index (κ3) is 3.23. The van der Waals surface area contributed by atoms with Crippen LogP contribution in [-0.2, 0) is 6.42 Å². The molecule has 0 bridgehead atoms. The highest BCUT2D eigenvalue weighted by Crippen LogP contribution is 2.25. The fraction of sp³-hybridized carbons (Fsp3) is 0.375. The van der Waals surface area contributed by atoms with Gasteiger partial charge in [0.25, 0.3) is 0 Å². The maximum absolute atomic E-state index is 10.1. The van der Waals surface area contributed by atoms with Crippen LogP contribution in [0, 0.1) is 13.8 Å². The lowest BCUT2D eigenvalue weighted by molar-refractivity contribution is 0.163. The fourth-order valence-electron chi connectivity index (χ4n) is 2.28. The number of hydrogen-bond acceptors (Lipinski definition) is 2. The number of hydrogen-bond donors (Lipinski definition) is 1. The first-order valence-electron chi connectivity index (χ1n) is 6.45. The third-order valence-electron chi connectivity index (χ3n) is 3.22. The Bertz CT molecular complexity index is 485. The molecule has 1 heterocycles. The highest BCUT2D eigenvalue weighted by atomic mass is 16.3. The molecule has 0 fully saturated rings. The van der Waals surface area contributed by atoms with Crippen LogP contribution in [0.15, 0.2) is 40.8 Å². The molecule has 0 saturated heterocycles. The first-order valence-corrected chi connectivity index (χ1v) is 6.45.